The Bertz CT molecular complexity index is 281. The first-order chi connectivity index (χ1) is 7.31. The molecule has 1 saturated carbocycles. The molecule has 1 heterocycles. The maximum atomic E-state index is 6.17. The van der Waals surface area contributed by atoms with E-state index in [0.29, 0.717) is 12.0 Å². The van der Waals surface area contributed by atoms with Crippen LogP contribution in [0.2, 0.25) is 0 Å². The lowest BCUT2D eigenvalue weighted by atomic mass is 9.75. The Balaban J connectivity index is 2.02. The minimum Gasteiger partial charge on any atom is -0.469 e. The van der Waals surface area contributed by atoms with Crippen LogP contribution in [-0.2, 0) is 0 Å². The summed E-state index contributed by atoms with van der Waals surface area (Å²) in [5.74, 6) is 2.39. The van der Waals surface area contributed by atoms with Crippen LogP contribution in [-0.4, -0.2) is 6.04 Å². The lowest BCUT2D eigenvalue weighted by molar-refractivity contribution is 0.251. The quantitative estimate of drug-likeness (QED) is 0.826. The maximum absolute atomic E-state index is 6.17. The van der Waals surface area contributed by atoms with E-state index in [0.717, 1.165) is 18.1 Å². The first kappa shape index (κ1) is 10.7. The van der Waals surface area contributed by atoms with Gasteiger partial charge in [-0.1, -0.05) is 19.8 Å². The summed E-state index contributed by atoms with van der Waals surface area (Å²) in [6.07, 6.45) is 8.03. The molecule has 0 radical (unpaired) electrons. The molecule has 0 aromatic carbocycles. The third-order valence-electron chi connectivity index (χ3n) is 3.62. The molecule has 0 saturated heterocycles. The van der Waals surface area contributed by atoms with E-state index >= 15 is 0 Å². The van der Waals surface area contributed by atoms with Crippen molar-refractivity contribution in [3.8, 4) is 0 Å². The summed E-state index contributed by atoms with van der Waals surface area (Å²) in [7, 11) is 0. The van der Waals surface area contributed by atoms with Gasteiger partial charge >= 0.3 is 0 Å². The second-order valence-corrected chi connectivity index (χ2v) is 4.75. The SMILES string of the molecule is CCCC1CCC(N)C(c2ccco2)C1. The van der Waals surface area contributed by atoms with E-state index in [1.165, 1.54) is 25.7 Å². The number of nitrogens with two attached hydrogens (primary N) is 1. The Labute approximate surface area is 91.8 Å². The average molecular weight is 207 g/mol. The molecule has 1 aromatic rings. The van der Waals surface area contributed by atoms with Gasteiger partial charge in [-0.05, 0) is 37.3 Å². The van der Waals surface area contributed by atoms with Crippen molar-refractivity contribution in [2.75, 3.05) is 0 Å². The molecule has 1 aliphatic rings. The number of hydrogen-bond acceptors (Lipinski definition) is 2. The summed E-state index contributed by atoms with van der Waals surface area (Å²) >= 11 is 0. The van der Waals surface area contributed by atoms with Crippen LogP contribution in [0.1, 0.15) is 50.7 Å². The first-order valence-corrected chi connectivity index (χ1v) is 6.10. The monoisotopic (exact) mass is 207 g/mol. The summed E-state index contributed by atoms with van der Waals surface area (Å²) in [6.45, 7) is 2.26. The summed E-state index contributed by atoms with van der Waals surface area (Å²) < 4.78 is 5.49. The van der Waals surface area contributed by atoms with Crippen LogP contribution >= 0.6 is 0 Å². The number of furan rings is 1. The van der Waals surface area contributed by atoms with Crippen molar-refractivity contribution < 1.29 is 4.42 Å². The predicted octanol–water partition coefficient (Wildman–Crippen LogP) is 3.29. The zero-order valence-corrected chi connectivity index (χ0v) is 9.49. The maximum Gasteiger partial charge on any atom is 0.108 e. The number of rotatable bonds is 3. The Kier molecular flexibility index (Phi) is 3.47. The minimum atomic E-state index is 0.296. The highest BCUT2D eigenvalue weighted by Crippen LogP contribution is 2.37. The van der Waals surface area contributed by atoms with Crippen LogP contribution in [0, 0.1) is 5.92 Å². The van der Waals surface area contributed by atoms with Crippen LogP contribution in [0.15, 0.2) is 22.8 Å². The molecule has 0 bridgehead atoms. The van der Waals surface area contributed by atoms with Crippen LogP contribution in [0.3, 0.4) is 0 Å². The van der Waals surface area contributed by atoms with E-state index in [9.17, 15) is 0 Å². The highest BCUT2D eigenvalue weighted by Gasteiger charge is 2.30. The van der Waals surface area contributed by atoms with Gasteiger partial charge in [-0.3, -0.25) is 0 Å². The Morgan fingerprint density at radius 1 is 1.47 bits per heavy atom. The minimum absolute atomic E-state index is 0.296. The molecule has 0 spiro atoms. The fourth-order valence-electron chi connectivity index (χ4n) is 2.78. The van der Waals surface area contributed by atoms with E-state index in [2.05, 4.69) is 13.0 Å². The Morgan fingerprint density at radius 3 is 3.00 bits per heavy atom. The van der Waals surface area contributed by atoms with Crippen molar-refractivity contribution in [2.45, 2.75) is 51.0 Å². The summed E-state index contributed by atoms with van der Waals surface area (Å²) in [6, 6.07) is 4.33. The van der Waals surface area contributed by atoms with Crippen LogP contribution in [0.25, 0.3) is 0 Å². The van der Waals surface area contributed by atoms with Crippen molar-refractivity contribution in [2.24, 2.45) is 11.7 Å². The van der Waals surface area contributed by atoms with Gasteiger partial charge in [0.2, 0.25) is 0 Å². The molecular formula is C13H21NO. The molecule has 3 unspecified atom stereocenters. The van der Waals surface area contributed by atoms with E-state index in [1.54, 1.807) is 6.26 Å². The zero-order valence-electron chi connectivity index (χ0n) is 9.49. The third-order valence-corrected chi connectivity index (χ3v) is 3.62. The van der Waals surface area contributed by atoms with Gasteiger partial charge in [-0.2, -0.15) is 0 Å². The zero-order chi connectivity index (χ0) is 10.7. The number of hydrogen-bond donors (Lipinski definition) is 1. The molecule has 2 N–H and O–H groups in total. The first-order valence-electron chi connectivity index (χ1n) is 6.10. The fourth-order valence-corrected chi connectivity index (χ4v) is 2.78. The second kappa shape index (κ2) is 4.84. The standard InChI is InChI=1S/C13H21NO/c1-2-4-10-6-7-12(14)11(9-10)13-5-3-8-15-13/h3,5,8,10-12H,2,4,6-7,9,14H2,1H3. The van der Waals surface area contributed by atoms with E-state index in [4.69, 9.17) is 10.2 Å². The molecule has 1 aromatic heterocycles. The van der Waals surface area contributed by atoms with Gasteiger partial charge in [0.25, 0.3) is 0 Å². The average Bonchev–Trinajstić information content (AvgIpc) is 2.74. The van der Waals surface area contributed by atoms with Crippen molar-refractivity contribution in [3.05, 3.63) is 24.2 Å². The van der Waals surface area contributed by atoms with Gasteiger partial charge < -0.3 is 10.2 Å². The van der Waals surface area contributed by atoms with Gasteiger partial charge in [0, 0.05) is 12.0 Å². The summed E-state index contributed by atoms with van der Waals surface area (Å²) in [5, 5.41) is 0. The normalized spacial score (nSPS) is 31.7. The predicted molar refractivity (Wildman–Crippen MR) is 61.7 cm³/mol. The van der Waals surface area contributed by atoms with E-state index in [-0.39, 0.29) is 0 Å². The topological polar surface area (TPSA) is 39.2 Å². The largest absolute Gasteiger partial charge is 0.469 e. The van der Waals surface area contributed by atoms with Gasteiger partial charge in [0.15, 0.2) is 0 Å². The molecule has 2 rings (SSSR count). The van der Waals surface area contributed by atoms with Crippen LogP contribution in [0.4, 0.5) is 0 Å². The molecular weight excluding hydrogens is 186 g/mol. The molecule has 1 fully saturated rings. The lowest BCUT2D eigenvalue weighted by Gasteiger charge is -2.32. The second-order valence-electron chi connectivity index (χ2n) is 4.75. The lowest BCUT2D eigenvalue weighted by Crippen LogP contribution is -2.34. The molecule has 3 atom stereocenters. The molecule has 84 valence electrons. The van der Waals surface area contributed by atoms with Gasteiger partial charge in [0.05, 0.1) is 6.26 Å². The summed E-state index contributed by atoms with van der Waals surface area (Å²) in [4.78, 5) is 0. The van der Waals surface area contributed by atoms with E-state index < -0.39 is 0 Å². The summed E-state index contributed by atoms with van der Waals surface area (Å²) in [5.41, 5.74) is 6.17. The molecule has 15 heavy (non-hydrogen) atoms. The van der Waals surface area contributed by atoms with E-state index in [1.807, 2.05) is 6.07 Å². The van der Waals surface area contributed by atoms with Crippen molar-refractivity contribution in [3.63, 3.8) is 0 Å². The molecule has 0 aliphatic heterocycles. The molecule has 2 heteroatoms. The van der Waals surface area contributed by atoms with Crippen molar-refractivity contribution in [1.29, 1.82) is 0 Å². The van der Waals surface area contributed by atoms with Crippen LogP contribution < -0.4 is 5.73 Å². The Morgan fingerprint density at radius 2 is 2.33 bits per heavy atom. The Hall–Kier alpha value is -0.760. The van der Waals surface area contributed by atoms with Gasteiger partial charge in [-0.15, -0.1) is 0 Å². The smallest absolute Gasteiger partial charge is 0.108 e. The van der Waals surface area contributed by atoms with Crippen LogP contribution in [0.5, 0.6) is 0 Å². The van der Waals surface area contributed by atoms with Gasteiger partial charge in [0.1, 0.15) is 5.76 Å². The molecule has 1 aliphatic carbocycles. The molecule has 2 nitrogen and oxygen atoms in total. The highest BCUT2D eigenvalue weighted by molar-refractivity contribution is 5.10. The van der Waals surface area contributed by atoms with Crippen molar-refractivity contribution in [1.82, 2.24) is 0 Å². The molecule has 0 amide bonds. The highest BCUT2D eigenvalue weighted by atomic mass is 16.3. The van der Waals surface area contributed by atoms with Crippen molar-refractivity contribution >= 4 is 0 Å². The fraction of sp³-hybridized carbons (Fsp3) is 0.692. The van der Waals surface area contributed by atoms with Gasteiger partial charge in [-0.25, -0.2) is 0 Å². The third kappa shape index (κ3) is 2.43.